The quantitative estimate of drug-likeness (QED) is 0.221. The summed E-state index contributed by atoms with van der Waals surface area (Å²) in [7, 11) is 3.02. The van der Waals surface area contributed by atoms with E-state index in [0.29, 0.717) is 38.5 Å². The van der Waals surface area contributed by atoms with E-state index >= 15 is 0 Å². The van der Waals surface area contributed by atoms with Crippen molar-refractivity contribution in [2.75, 3.05) is 20.6 Å². The van der Waals surface area contributed by atoms with Crippen molar-refractivity contribution in [1.82, 2.24) is 20.0 Å². The molecule has 12 nitrogen and oxygen atoms in total. The van der Waals surface area contributed by atoms with Crippen LogP contribution in [0.3, 0.4) is 0 Å². The molecule has 50 heavy (non-hydrogen) atoms. The number of nitrogens with one attached hydrogen (secondary N) is 1. The lowest BCUT2D eigenvalue weighted by atomic mass is 9.95. The molecule has 1 N–H and O–H groups in total. The molecule has 13 heteroatoms. The van der Waals surface area contributed by atoms with E-state index in [0.717, 1.165) is 0 Å². The zero-order valence-corrected chi connectivity index (χ0v) is 33.4. The zero-order chi connectivity index (χ0) is 38.0. The highest BCUT2D eigenvalue weighted by Crippen LogP contribution is 2.28. The molecule has 1 unspecified atom stereocenters. The number of unbranched alkanes of at least 4 members (excludes halogenated alkanes) is 1. The summed E-state index contributed by atoms with van der Waals surface area (Å²) in [5.74, 6) is -2.74. The highest BCUT2D eigenvalue weighted by atomic mass is 79.9. The van der Waals surface area contributed by atoms with Crippen LogP contribution in [0.2, 0.25) is 0 Å². The first-order valence-electron chi connectivity index (χ1n) is 18.0. The van der Waals surface area contributed by atoms with Gasteiger partial charge in [-0.3, -0.25) is 19.2 Å². The van der Waals surface area contributed by atoms with E-state index < -0.39 is 83.8 Å². The van der Waals surface area contributed by atoms with Crippen molar-refractivity contribution in [3.05, 3.63) is 0 Å². The van der Waals surface area contributed by atoms with Crippen molar-refractivity contribution in [1.29, 1.82) is 0 Å². The van der Waals surface area contributed by atoms with Gasteiger partial charge < -0.3 is 29.5 Å². The number of hydrogen-bond donors (Lipinski definition) is 1. The largest absolute Gasteiger partial charge is 0.460 e. The smallest absolute Gasteiger partial charge is 0.329 e. The number of amides is 4. The molecular weight excluding hydrogens is 708 g/mol. The van der Waals surface area contributed by atoms with E-state index in [4.69, 9.17) is 9.47 Å². The third kappa shape index (κ3) is 10.5. The van der Waals surface area contributed by atoms with Crippen molar-refractivity contribution in [2.45, 2.75) is 137 Å². The second-order valence-electron chi connectivity index (χ2n) is 14.9. The van der Waals surface area contributed by atoms with Gasteiger partial charge in [0.2, 0.25) is 17.7 Å². The predicted molar refractivity (Wildman–Crippen MR) is 193 cm³/mol. The molecular formula is C37H59BrN4O8. The first-order chi connectivity index (χ1) is 23.4. The fraction of sp³-hybridized carbons (Fsp3) is 0.784. The molecule has 2 saturated heterocycles. The standard InChI is InChI=1S/C37H59BrN4O8/c1-12-24(8)31-35(46)42-20-16-17-26(42)33(44)40(10)29(22(4)5)36(47)49-27(18-14-13-15-19-38)25(9)32(43)39-28(21(2)3)34(45)41(11)30(23(6)7)37(48)50-31/h21-31H,12-14,16-18,20H2,1-11H3,(H,39,43)/t24-,25-,26?,27+,28-,29-,30-,31-/m0/s1. The van der Waals surface area contributed by atoms with E-state index in [1.54, 1.807) is 48.5 Å². The van der Waals surface area contributed by atoms with Crippen LogP contribution in [0.1, 0.15) is 101 Å². The lowest BCUT2D eigenvalue weighted by molar-refractivity contribution is -0.172. The number of cyclic esters (lactones) is 2. The number of carbonyl (C=O) groups excluding carboxylic acids is 6. The van der Waals surface area contributed by atoms with Crippen molar-refractivity contribution >= 4 is 51.5 Å². The molecule has 0 radical (unpaired) electrons. The molecule has 0 aromatic carbocycles. The maximum Gasteiger partial charge on any atom is 0.329 e. The lowest BCUT2D eigenvalue weighted by Gasteiger charge is -2.37. The summed E-state index contributed by atoms with van der Waals surface area (Å²) in [6.45, 7) is 16.4. The van der Waals surface area contributed by atoms with Crippen LogP contribution in [0.25, 0.3) is 0 Å². The summed E-state index contributed by atoms with van der Waals surface area (Å²) in [6, 6.07) is -3.94. The van der Waals surface area contributed by atoms with E-state index in [9.17, 15) is 28.8 Å². The van der Waals surface area contributed by atoms with Gasteiger partial charge in [0, 0.05) is 48.9 Å². The van der Waals surface area contributed by atoms with Crippen LogP contribution in [-0.4, -0.2) is 107 Å². The van der Waals surface area contributed by atoms with E-state index in [1.807, 2.05) is 13.8 Å². The van der Waals surface area contributed by atoms with Gasteiger partial charge in [-0.1, -0.05) is 68.2 Å². The molecule has 2 aliphatic heterocycles. The van der Waals surface area contributed by atoms with Gasteiger partial charge in [0.1, 0.15) is 30.3 Å². The van der Waals surface area contributed by atoms with Crippen LogP contribution in [0.15, 0.2) is 0 Å². The summed E-state index contributed by atoms with van der Waals surface area (Å²) in [5.41, 5.74) is 0. The van der Waals surface area contributed by atoms with E-state index in [1.165, 1.54) is 28.8 Å². The topological polar surface area (TPSA) is 143 Å². The minimum absolute atomic E-state index is 0.289. The molecule has 4 amide bonds. The van der Waals surface area contributed by atoms with Gasteiger partial charge in [-0.15, -0.1) is 0 Å². The summed E-state index contributed by atoms with van der Waals surface area (Å²) >= 11 is 3.09. The van der Waals surface area contributed by atoms with Crippen molar-refractivity contribution < 1.29 is 38.2 Å². The maximum atomic E-state index is 14.2. The Morgan fingerprint density at radius 1 is 0.840 bits per heavy atom. The van der Waals surface area contributed by atoms with Crippen LogP contribution < -0.4 is 5.32 Å². The Kier molecular flexibility index (Phi) is 16.7. The van der Waals surface area contributed by atoms with Crippen molar-refractivity contribution in [2.24, 2.45) is 29.6 Å². The molecule has 2 fully saturated rings. The normalized spacial score (nSPS) is 28.8. The molecule has 2 heterocycles. The second-order valence-corrected chi connectivity index (χ2v) is 15.3. The summed E-state index contributed by atoms with van der Waals surface area (Å²) in [4.78, 5) is 90.9. The van der Waals surface area contributed by atoms with Crippen LogP contribution >= 0.6 is 15.9 Å². The summed E-state index contributed by atoms with van der Waals surface area (Å²) in [5, 5.41) is 2.87. The number of rotatable bonds is 8. The Balaban J connectivity index is 2.74. The number of likely N-dealkylation sites (N-methyl/N-ethyl adjacent to an activating group) is 2. The Hall–Kier alpha value is -3.14. The number of esters is 2. The van der Waals surface area contributed by atoms with Crippen LogP contribution in [0, 0.1) is 40.3 Å². The molecule has 0 spiro atoms. The molecule has 0 saturated carbocycles. The molecule has 0 bridgehead atoms. The van der Waals surface area contributed by atoms with Gasteiger partial charge in [-0.25, -0.2) is 9.59 Å². The van der Waals surface area contributed by atoms with E-state index in [-0.39, 0.29) is 24.3 Å². The van der Waals surface area contributed by atoms with Gasteiger partial charge in [-0.2, -0.15) is 0 Å². The van der Waals surface area contributed by atoms with Crippen molar-refractivity contribution in [3.8, 4) is 10.8 Å². The first-order valence-corrected chi connectivity index (χ1v) is 18.8. The average Bonchev–Trinajstić information content (AvgIpc) is 3.55. The molecule has 0 aromatic rings. The summed E-state index contributed by atoms with van der Waals surface area (Å²) in [6.07, 6.45) is 0.712. The number of ether oxygens (including phenoxy) is 2. The first kappa shape index (κ1) is 43.0. The highest BCUT2D eigenvalue weighted by molar-refractivity contribution is 9.12. The minimum Gasteiger partial charge on any atom is -0.460 e. The van der Waals surface area contributed by atoms with Crippen LogP contribution in [0.4, 0.5) is 0 Å². The maximum absolute atomic E-state index is 14.2. The molecule has 0 aliphatic carbocycles. The van der Waals surface area contributed by atoms with Crippen molar-refractivity contribution in [3.63, 3.8) is 0 Å². The third-order valence-corrected chi connectivity index (χ3v) is 10.4. The van der Waals surface area contributed by atoms with Gasteiger partial charge in [0.25, 0.3) is 5.91 Å². The Labute approximate surface area is 307 Å². The highest BCUT2D eigenvalue weighted by Gasteiger charge is 2.46. The van der Waals surface area contributed by atoms with Crippen LogP contribution in [-0.2, 0) is 38.2 Å². The number of fused-ring (bicyclic) bond motifs is 1. The fourth-order valence-electron chi connectivity index (χ4n) is 6.79. The molecule has 282 valence electrons. The lowest BCUT2D eigenvalue weighted by Crippen LogP contribution is -2.58. The minimum atomic E-state index is -1.19. The number of halogens is 1. The molecule has 2 rings (SSSR count). The van der Waals surface area contributed by atoms with Gasteiger partial charge >= 0.3 is 11.9 Å². The SMILES string of the molecule is CC[C@H](C)[C@@H]1OC(=O)[C@H](C(C)C)N(C)C(=O)[C@H](C(C)C)NC(=O)[C@@H](C)[C@@H](CCCC#CBr)OC(=O)[C@H](C(C)C)N(C)C(=O)C2CCCN2C1=O. The predicted octanol–water partition coefficient (Wildman–Crippen LogP) is 4.13. The zero-order valence-electron chi connectivity index (χ0n) is 31.8. The number of hydrogen-bond acceptors (Lipinski definition) is 8. The second kappa shape index (κ2) is 19.5. The number of carbonyl (C=O) groups is 6. The molecule has 0 aromatic heterocycles. The summed E-state index contributed by atoms with van der Waals surface area (Å²) < 4.78 is 12.1. The molecule has 8 atom stereocenters. The number of nitrogens with zero attached hydrogens (tertiary/aromatic N) is 3. The third-order valence-electron chi connectivity index (χ3n) is 10.1. The van der Waals surface area contributed by atoms with E-state index in [2.05, 4.69) is 32.0 Å². The fourth-order valence-corrected chi connectivity index (χ4v) is 6.99. The molecule has 2 aliphatic rings. The monoisotopic (exact) mass is 766 g/mol. The van der Waals surface area contributed by atoms with Crippen LogP contribution in [0.5, 0.6) is 0 Å². The average molecular weight is 768 g/mol. The Bertz CT molecular complexity index is 1290. The van der Waals surface area contributed by atoms with Gasteiger partial charge in [-0.05, 0) is 54.7 Å². The Morgan fingerprint density at radius 3 is 1.92 bits per heavy atom. The van der Waals surface area contributed by atoms with Gasteiger partial charge in [0.05, 0.1) is 5.92 Å². The Morgan fingerprint density at radius 2 is 1.40 bits per heavy atom. The van der Waals surface area contributed by atoms with Gasteiger partial charge in [0.15, 0.2) is 6.10 Å².